The molecule has 1 saturated carbocycles. The summed E-state index contributed by atoms with van der Waals surface area (Å²) >= 11 is 0. The van der Waals surface area contributed by atoms with Gasteiger partial charge in [-0.15, -0.1) is 6.58 Å². The first-order valence-corrected chi connectivity index (χ1v) is 3.71. The van der Waals surface area contributed by atoms with Crippen molar-refractivity contribution < 1.29 is 0 Å². The Morgan fingerprint density at radius 2 is 2.50 bits per heavy atom. The summed E-state index contributed by atoms with van der Waals surface area (Å²) in [7, 11) is 0. The minimum atomic E-state index is 0.734. The van der Waals surface area contributed by atoms with Crippen molar-refractivity contribution in [2.75, 3.05) is 6.54 Å². The van der Waals surface area contributed by atoms with Crippen LogP contribution >= 0.6 is 0 Å². The van der Waals surface area contributed by atoms with Crippen LogP contribution in [0.3, 0.4) is 0 Å². The Balaban J connectivity index is 2.01. The van der Waals surface area contributed by atoms with E-state index < -0.39 is 0 Å². The van der Waals surface area contributed by atoms with Crippen LogP contribution in [0.4, 0.5) is 0 Å². The first-order chi connectivity index (χ1) is 4.84. The predicted octanol–water partition coefficient (Wildman–Crippen LogP) is 1.40. The van der Waals surface area contributed by atoms with Crippen LogP contribution in [-0.2, 0) is 0 Å². The number of hydrazone groups is 1. The number of hydrogen-bond acceptors (Lipinski definition) is 2. The lowest BCUT2D eigenvalue weighted by Crippen LogP contribution is -2.04. The van der Waals surface area contributed by atoms with E-state index in [4.69, 9.17) is 0 Å². The van der Waals surface area contributed by atoms with E-state index in [2.05, 4.69) is 24.0 Å². The lowest BCUT2D eigenvalue weighted by atomic mass is 10.4. The van der Waals surface area contributed by atoms with Crippen molar-refractivity contribution in [3.05, 3.63) is 12.7 Å². The average Bonchev–Trinajstić information content (AvgIpc) is 2.60. The van der Waals surface area contributed by atoms with E-state index in [0.29, 0.717) is 0 Å². The lowest BCUT2D eigenvalue weighted by Gasteiger charge is -1.90. The fraction of sp³-hybridized carbons (Fsp3) is 0.625. The van der Waals surface area contributed by atoms with Crippen molar-refractivity contribution in [2.45, 2.75) is 13.3 Å². The van der Waals surface area contributed by atoms with Crippen molar-refractivity contribution in [3.8, 4) is 0 Å². The zero-order valence-corrected chi connectivity index (χ0v) is 6.38. The Bertz CT molecular complexity index is 140. The van der Waals surface area contributed by atoms with Crippen LogP contribution in [0, 0.1) is 11.8 Å². The molecule has 0 amide bonds. The van der Waals surface area contributed by atoms with Crippen molar-refractivity contribution in [2.24, 2.45) is 16.9 Å². The first kappa shape index (κ1) is 7.32. The van der Waals surface area contributed by atoms with E-state index in [-0.39, 0.29) is 0 Å². The van der Waals surface area contributed by atoms with Gasteiger partial charge in [-0.05, 0) is 18.3 Å². The molecule has 1 N–H and O–H groups in total. The number of rotatable bonds is 4. The predicted molar refractivity (Wildman–Crippen MR) is 44.0 cm³/mol. The molecular weight excluding hydrogens is 124 g/mol. The lowest BCUT2D eigenvalue weighted by molar-refractivity contribution is 0.818. The minimum Gasteiger partial charge on any atom is -0.307 e. The third kappa shape index (κ3) is 2.21. The maximum atomic E-state index is 4.03. The van der Waals surface area contributed by atoms with Gasteiger partial charge in [-0.2, -0.15) is 5.10 Å². The number of nitrogens with one attached hydrogen (secondary N) is 1. The molecule has 1 fully saturated rings. The first-order valence-electron chi connectivity index (χ1n) is 3.71. The largest absolute Gasteiger partial charge is 0.307 e. The van der Waals surface area contributed by atoms with Crippen LogP contribution in [0.2, 0.25) is 0 Å². The molecule has 0 aromatic rings. The van der Waals surface area contributed by atoms with Gasteiger partial charge in [-0.3, -0.25) is 0 Å². The monoisotopic (exact) mass is 138 g/mol. The second-order valence-electron chi connectivity index (χ2n) is 2.81. The molecule has 0 heterocycles. The smallest absolute Gasteiger partial charge is 0.0507 e. The SMILES string of the molecule is C=CCN/N=C/C1CC1C. The molecule has 0 aromatic carbocycles. The number of nitrogens with zero attached hydrogens (tertiary/aromatic N) is 1. The molecule has 2 heteroatoms. The van der Waals surface area contributed by atoms with Gasteiger partial charge in [-0.25, -0.2) is 0 Å². The van der Waals surface area contributed by atoms with Crippen LogP contribution in [0.15, 0.2) is 17.8 Å². The van der Waals surface area contributed by atoms with Gasteiger partial charge < -0.3 is 5.43 Å². The van der Waals surface area contributed by atoms with Gasteiger partial charge in [0.15, 0.2) is 0 Å². The normalized spacial score (nSPS) is 30.5. The van der Waals surface area contributed by atoms with E-state index in [9.17, 15) is 0 Å². The zero-order chi connectivity index (χ0) is 7.40. The van der Waals surface area contributed by atoms with Gasteiger partial charge >= 0.3 is 0 Å². The average molecular weight is 138 g/mol. The minimum absolute atomic E-state index is 0.734. The molecule has 0 spiro atoms. The highest BCUT2D eigenvalue weighted by atomic mass is 15.3. The van der Waals surface area contributed by atoms with E-state index in [1.807, 2.05) is 6.21 Å². The molecule has 1 aliphatic carbocycles. The van der Waals surface area contributed by atoms with Crippen molar-refractivity contribution in [3.63, 3.8) is 0 Å². The molecule has 1 rings (SSSR count). The summed E-state index contributed by atoms with van der Waals surface area (Å²) in [6, 6.07) is 0. The van der Waals surface area contributed by atoms with Crippen molar-refractivity contribution in [1.82, 2.24) is 5.43 Å². The maximum Gasteiger partial charge on any atom is 0.0507 e. The van der Waals surface area contributed by atoms with Crippen LogP contribution in [0.25, 0.3) is 0 Å². The standard InChI is InChI=1S/C8H14N2/c1-3-4-9-10-6-8-5-7(8)2/h3,6-9H,1,4-5H2,2H3/b10-6+. The topological polar surface area (TPSA) is 24.4 Å². The molecule has 0 radical (unpaired) electrons. The summed E-state index contributed by atoms with van der Waals surface area (Å²) in [5, 5.41) is 4.03. The van der Waals surface area contributed by atoms with E-state index in [0.717, 1.165) is 18.4 Å². The van der Waals surface area contributed by atoms with E-state index in [1.54, 1.807) is 6.08 Å². The second kappa shape index (κ2) is 3.40. The molecule has 0 bridgehead atoms. The molecule has 0 aromatic heterocycles. The molecule has 2 unspecified atom stereocenters. The fourth-order valence-corrected chi connectivity index (χ4v) is 0.824. The summed E-state index contributed by atoms with van der Waals surface area (Å²) < 4.78 is 0. The van der Waals surface area contributed by atoms with Crippen LogP contribution in [-0.4, -0.2) is 12.8 Å². The molecule has 2 nitrogen and oxygen atoms in total. The van der Waals surface area contributed by atoms with Crippen LogP contribution in [0.5, 0.6) is 0 Å². The highest BCUT2D eigenvalue weighted by molar-refractivity contribution is 5.64. The highest BCUT2D eigenvalue weighted by Crippen LogP contribution is 2.35. The Hall–Kier alpha value is -0.790. The molecule has 0 aliphatic heterocycles. The second-order valence-corrected chi connectivity index (χ2v) is 2.81. The summed E-state index contributed by atoms with van der Waals surface area (Å²) in [4.78, 5) is 0. The van der Waals surface area contributed by atoms with E-state index >= 15 is 0 Å². The van der Waals surface area contributed by atoms with Crippen molar-refractivity contribution >= 4 is 6.21 Å². The van der Waals surface area contributed by atoms with E-state index in [1.165, 1.54) is 6.42 Å². The number of hydrogen-bond donors (Lipinski definition) is 1. The van der Waals surface area contributed by atoms with Crippen LogP contribution in [0.1, 0.15) is 13.3 Å². The molecule has 56 valence electrons. The quantitative estimate of drug-likeness (QED) is 0.270. The molecule has 2 atom stereocenters. The highest BCUT2D eigenvalue weighted by Gasteiger charge is 2.30. The molecule has 0 saturated heterocycles. The van der Waals surface area contributed by atoms with Gasteiger partial charge in [0.05, 0.1) is 6.54 Å². The van der Waals surface area contributed by atoms with Crippen LogP contribution < -0.4 is 5.43 Å². The third-order valence-electron chi connectivity index (χ3n) is 1.76. The fourth-order valence-electron chi connectivity index (χ4n) is 0.824. The Morgan fingerprint density at radius 1 is 1.80 bits per heavy atom. The summed E-state index contributed by atoms with van der Waals surface area (Å²) in [6.45, 7) is 6.57. The molecule has 10 heavy (non-hydrogen) atoms. The summed E-state index contributed by atoms with van der Waals surface area (Å²) in [6.07, 6.45) is 5.10. The Labute approximate surface area is 62.0 Å². The van der Waals surface area contributed by atoms with Gasteiger partial charge in [0.1, 0.15) is 0 Å². The van der Waals surface area contributed by atoms with Gasteiger partial charge in [0.25, 0.3) is 0 Å². The Kier molecular flexibility index (Phi) is 2.49. The molecular formula is C8H14N2. The zero-order valence-electron chi connectivity index (χ0n) is 6.38. The van der Waals surface area contributed by atoms with Gasteiger partial charge in [-0.1, -0.05) is 13.0 Å². The third-order valence-corrected chi connectivity index (χ3v) is 1.76. The summed E-state index contributed by atoms with van der Waals surface area (Å²) in [5.74, 6) is 1.59. The van der Waals surface area contributed by atoms with Gasteiger partial charge in [0.2, 0.25) is 0 Å². The molecule has 1 aliphatic rings. The van der Waals surface area contributed by atoms with Crippen molar-refractivity contribution in [1.29, 1.82) is 0 Å². The van der Waals surface area contributed by atoms with Gasteiger partial charge in [0, 0.05) is 6.21 Å². The maximum absolute atomic E-state index is 4.03. The summed E-state index contributed by atoms with van der Waals surface area (Å²) in [5.41, 5.74) is 2.88. The Morgan fingerprint density at radius 3 is 3.00 bits per heavy atom.